The highest BCUT2D eigenvalue weighted by molar-refractivity contribution is 6.07. The number of anilines is 1. The molecule has 0 aliphatic carbocycles. The summed E-state index contributed by atoms with van der Waals surface area (Å²) in [6, 6.07) is 16.1. The molecule has 2 atom stereocenters. The van der Waals surface area contributed by atoms with Crippen molar-refractivity contribution in [2.24, 2.45) is 0 Å². The predicted octanol–water partition coefficient (Wildman–Crippen LogP) is 2.12. The average Bonchev–Trinajstić information content (AvgIpc) is 3.35. The lowest BCUT2D eigenvalue weighted by molar-refractivity contribution is -0.134. The molecule has 3 heterocycles. The molecule has 0 bridgehead atoms. The number of rotatable bonds is 4. The fraction of sp³-hybridized carbons (Fsp3) is 0.250. The zero-order valence-electron chi connectivity index (χ0n) is 17.5. The van der Waals surface area contributed by atoms with Crippen LogP contribution < -0.4 is 15.7 Å². The minimum Gasteiger partial charge on any atom is -0.497 e. The van der Waals surface area contributed by atoms with Gasteiger partial charge in [-0.3, -0.25) is 14.2 Å². The number of nitrogens with zero attached hydrogens (tertiary/aromatic N) is 3. The number of carbonyl (C=O) groups is 2. The third-order valence-corrected chi connectivity index (χ3v) is 6.40. The van der Waals surface area contributed by atoms with Crippen molar-refractivity contribution in [1.82, 2.24) is 14.5 Å². The van der Waals surface area contributed by atoms with Gasteiger partial charge < -0.3 is 15.0 Å². The van der Waals surface area contributed by atoms with Crippen molar-refractivity contribution in [3.05, 3.63) is 88.6 Å². The molecule has 162 valence electrons. The number of benzene rings is 2. The number of hydrogen-bond acceptors (Lipinski definition) is 5. The van der Waals surface area contributed by atoms with Gasteiger partial charge in [-0.15, -0.1) is 0 Å². The van der Waals surface area contributed by atoms with Gasteiger partial charge in [-0.05, 0) is 41.8 Å². The molecular weight excluding hydrogens is 408 g/mol. The molecule has 2 aliphatic rings. The Morgan fingerprint density at radius 3 is 2.84 bits per heavy atom. The molecule has 2 amide bonds. The Morgan fingerprint density at radius 1 is 1.19 bits per heavy atom. The summed E-state index contributed by atoms with van der Waals surface area (Å²) in [6.07, 6.45) is 3.41. The Hall–Kier alpha value is -3.94. The van der Waals surface area contributed by atoms with E-state index in [0.717, 1.165) is 16.8 Å². The van der Waals surface area contributed by atoms with E-state index in [0.29, 0.717) is 18.7 Å². The molecule has 1 spiro atoms. The Balaban J connectivity index is 1.62. The maximum atomic E-state index is 13.4. The van der Waals surface area contributed by atoms with Crippen LogP contribution in [0, 0.1) is 0 Å². The van der Waals surface area contributed by atoms with E-state index in [2.05, 4.69) is 10.3 Å². The Labute approximate surface area is 184 Å². The van der Waals surface area contributed by atoms with Crippen molar-refractivity contribution in [3.8, 4) is 5.75 Å². The maximum absolute atomic E-state index is 13.4. The van der Waals surface area contributed by atoms with Crippen LogP contribution in [-0.4, -0.2) is 39.9 Å². The van der Waals surface area contributed by atoms with Crippen molar-refractivity contribution in [1.29, 1.82) is 0 Å². The zero-order chi connectivity index (χ0) is 22.3. The fourth-order valence-corrected chi connectivity index (χ4v) is 4.97. The molecule has 8 heteroatoms. The lowest BCUT2D eigenvalue weighted by atomic mass is 9.72. The number of amides is 2. The first kappa shape index (κ1) is 20.0. The number of likely N-dealkylation sites (tertiary alicyclic amines) is 1. The quantitative estimate of drug-likeness (QED) is 0.684. The Bertz CT molecular complexity index is 1270. The molecule has 5 rings (SSSR count). The van der Waals surface area contributed by atoms with Gasteiger partial charge in [0.1, 0.15) is 17.7 Å². The standard InChI is InChI=1S/C24H22N4O4/c1-32-17-7-4-6-16(14-17)21-24(18-8-2-3-9-19(18)26-22(24)30)10-13-28(21)20(29)15-27-12-5-11-25-23(27)31/h2-9,11-12,14,21H,10,13,15H2,1H3,(H,26,30)/t21-,24+/m0/s1. The first-order valence-electron chi connectivity index (χ1n) is 10.4. The fourth-order valence-electron chi connectivity index (χ4n) is 4.97. The van der Waals surface area contributed by atoms with E-state index in [9.17, 15) is 14.4 Å². The number of hydrogen-bond donors (Lipinski definition) is 1. The molecule has 2 aliphatic heterocycles. The van der Waals surface area contributed by atoms with E-state index in [1.807, 2.05) is 48.5 Å². The molecule has 0 saturated carbocycles. The van der Waals surface area contributed by atoms with Crippen molar-refractivity contribution in [2.45, 2.75) is 24.4 Å². The monoisotopic (exact) mass is 430 g/mol. The number of para-hydroxylation sites is 1. The highest BCUT2D eigenvalue weighted by Crippen LogP contribution is 2.54. The molecule has 0 unspecified atom stereocenters. The molecule has 1 fully saturated rings. The van der Waals surface area contributed by atoms with Gasteiger partial charge in [-0.2, -0.15) is 0 Å². The summed E-state index contributed by atoms with van der Waals surface area (Å²) in [5.41, 5.74) is 1.05. The van der Waals surface area contributed by atoms with E-state index >= 15 is 0 Å². The largest absolute Gasteiger partial charge is 0.497 e. The Morgan fingerprint density at radius 2 is 2.03 bits per heavy atom. The molecule has 0 radical (unpaired) electrons. The highest BCUT2D eigenvalue weighted by Gasteiger charge is 2.59. The van der Waals surface area contributed by atoms with E-state index in [-0.39, 0.29) is 18.4 Å². The second-order valence-corrected chi connectivity index (χ2v) is 8.02. The summed E-state index contributed by atoms with van der Waals surface area (Å²) in [7, 11) is 1.58. The zero-order valence-corrected chi connectivity index (χ0v) is 17.5. The molecule has 8 nitrogen and oxygen atoms in total. The van der Waals surface area contributed by atoms with Crippen LogP contribution in [0.5, 0.6) is 5.75 Å². The van der Waals surface area contributed by atoms with Crippen LogP contribution >= 0.6 is 0 Å². The number of methoxy groups -OCH3 is 1. The van der Waals surface area contributed by atoms with Gasteiger partial charge in [-0.25, -0.2) is 9.78 Å². The van der Waals surface area contributed by atoms with Crippen LogP contribution in [0.15, 0.2) is 71.8 Å². The average molecular weight is 430 g/mol. The first-order valence-corrected chi connectivity index (χ1v) is 10.4. The molecule has 32 heavy (non-hydrogen) atoms. The van der Waals surface area contributed by atoms with Crippen LogP contribution in [0.2, 0.25) is 0 Å². The van der Waals surface area contributed by atoms with Crippen LogP contribution in [0.3, 0.4) is 0 Å². The number of carbonyl (C=O) groups excluding carboxylic acids is 2. The van der Waals surface area contributed by atoms with Gasteiger partial charge in [0.2, 0.25) is 11.8 Å². The molecule has 1 aromatic heterocycles. The summed E-state index contributed by atoms with van der Waals surface area (Å²) in [5, 5.41) is 3.00. The number of nitrogens with one attached hydrogen (secondary N) is 1. The van der Waals surface area contributed by atoms with Crippen molar-refractivity contribution < 1.29 is 14.3 Å². The summed E-state index contributed by atoms with van der Waals surface area (Å²) in [5.74, 6) is 0.273. The lowest BCUT2D eigenvalue weighted by Gasteiger charge is -2.34. The molecule has 1 saturated heterocycles. The van der Waals surface area contributed by atoms with Crippen LogP contribution in [0.4, 0.5) is 5.69 Å². The summed E-state index contributed by atoms with van der Waals surface area (Å²) >= 11 is 0. The SMILES string of the molecule is COc1cccc([C@@H]2N(C(=O)Cn3cccnc3=O)CC[C@]23C(=O)Nc2ccccc23)c1. The van der Waals surface area contributed by atoms with E-state index < -0.39 is 17.1 Å². The second kappa shape index (κ2) is 7.64. The highest BCUT2D eigenvalue weighted by atomic mass is 16.5. The first-order chi connectivity index (χ1) is 15.5. The third kappa shape index (κ3) is 2.98. The summed E-state index contributed by atoms with van der Waals surface area (Å²) in [4.78, 5) is 44.4. The van der Waals surface area contributed by atoms with Crippen molar-refractivity contribution >= 4 is 17.5 Å². The van der Waals surface area contributed by atoms with Gasteiger partial charge >= 0.3 is 5.69 Å². The van der Waals surface area contributed by atoms with Gasteiger partial charge in [0.25, 0.3) is 0 Å². The Kier molecular flexibility index (Phi) is 4.77. The van der Waals surface area contributed by atoms with Gasteiger partial charge in [0, 0.05) is 24.6 Å². The number of aromatic nitrogens is 2. The van der Waals surface area contributed by atoms with Crippen LogP contribution in [-0.2, 0) is 21.5 Å². The summed E-state index contributed by atoms with van der Waals surface area (Å²) < 4.78 is 6.69. The van der Waals surface area contributed by atoms with E-state index in [1.165, 1.54) is 17.0 Å². The molecular formula is C24H22N4O4. The van der Waals surface area contributed by atoms with Gasteiger partial charge in [0.05, 0.1) is 13.2 Å². The van der Waals surface area contributed by atoms with Crippen LogP contribution in [0.25, 0.3) is 0 Å². The van der Waals surface area contributed by atoms with Crippen molar-refractivity contribution in [2.75, 3.05) is 19.0 Å². The summed E-state index contributed by atoms with van der Waals surface area (Å²) in [6.45, 7) is 0.240. The van der Waals surface area contributed by atoms with Gasteiger partial charge in [-0.1, -0.05) is 30.3 Å². The lowest BCUT2D eigenvalue weighted by Crippen LogP contribution is -2.44. The second-order valence-electron chi connectivity index (χ2n) is 8.02. The smallest absolute Gasteiger partial charge is 0.347 e. The molecule has 3 aromatic rings. The maximum Gasteiger partial charge on any atom is 0.347 e. The van der Waals surface area contributed by atoms with Gasteiger partial charge in [0.15, 0.2) is 0 Å². The normalized spacial score (nSPS) is 21.5. The van der Waals surface area contributed by atoms with E-state index in [1.54, 1.807) is 18.1 Å². The molecule has 2 aromatic carbocycles. The molecule has 1 N–H and O–H groups in total. The van der Waals surface area contributed by atoms with Crippen LogP contribution in [0.1, 0.15) is 23.6 Å². The third-order valence-electron chi connectivity index (χ3n) is 6.40. The predicted molar refractivity (Wildman–Crippen MR) is 117 cm³/mol. The number of fused-ring (bicyclic) bond motifs is 2. The topological polar surface area (TPSA) is 93.5 Å². The minimum atomic E-state index is -0.918. The van der Waals surface area contributed by atoms with E-state index in [4.69, 9.17) is 4.74 Å². The minimum absolute atomic E-state index is 0.125. The van der Waals surface area contributed by atoms with Crippen molar-refractivity contribution in [3.63, 3.8) is 0 Å². The number of ether oxygens (including phenoxy) is 1.